The fourth-order valence-corrected chi connectivity index (χ4v) is 5.17. The third kappa shape index (κ3) is 5.77. The molecule has 0 bridgehead atoms. The normalized spacial score (nSPS) is 19.2. The zero-order valence-corrected chi connectivity index (χ0v) is 14.2. The van der Waals surface area contributed by atoms with Gasteiger partial charge in [0.2, 0.25) is 0 Å². The summed E-state index contributed by atoms with van der Waals surface area (Å²) >= 11 is 0. The molecule has 0 aromatic heterocycles. The number of nitrogens with two attached hydrogens (primary N) is 1. The molecule has 0 aromatic rings. The second-order valence-electron chi connectivity index (χ2n) is 4.87. The molecule has 20 heavy (non-hydrogen) atoms. The fourth-order valence-electron chi connectivity index (χ4n) is 2.52. The summed E-state index contributed by atoms with van der Waals surface area (Å²) in [4.78, 5) is 2.32. The topological polar surface area (TPSA) is 69.0 Å². The second kappa shape index (κ2) is 9.83. The monoisotopic (exact) mass is 305 g/mol. The number of nitrogens with zero attached hydrogens (tertiary/aromatic N) is 1. The standard InChI is InChI=1S/C13H31N3O3Si/c1-4-17-20(18-5-2,19-6-3)12-7-13(14)16-10-8-15-9-11-16/h13,15H,4-12,14H2,1-3H3. The summed E-state index contributed by atoms with van der Waals surface area (Å²) in [5.74, 6) is 0. The predicted octanol–water partition coefficient (Wildman–Crippen LogP) is 0.615. The van der Waals surface area contributed by atoms with Gasteiger partial charge in [0, 0.05) is 52.0 Å². The molecule has 1 fully saturated rings. The largest absolute Gasteiger partial charge is 0.501 e. The van der Waals surface area contributed by atoms with E-state index in [1.165, 1.54) is 0 Å². The van der Waals surface area contributed by atoms with Crippen LogP contribution in [0.25, 0.3) is 0 Å². The molecule has 1 heterocycles. The van der Waals surface area contributed by atoms with Crippen LogP contribution in [0.2, 0.25) is 6.04 Å². The van der Waals surface area contributed by atoms with Gasteiger partial charge in [-0.3, -0.25) is 4.90 Å². The summed E-state index contributed by atoms with van der Waals surface area (Å²) in [6.45, 7) is 11.8. The molecule has 120 valence electrons. The van der Waals surface area contributed by atoms with Crippen LogP contribution >= 0.6 is 0 Å². The maximum atomic E-state index is 6.30. The minimum atomic E-state index is -2.54. The molecule has 6 nitrogen and oxygen atoms in total. The molecule has 0 radical (unpaired) electrons. The van der Waals surface area contributed by atoms with Crippen LogP contribution in [0.15, 0.2) is 0 Å². The molecule has 1 aliphatic heterocycles. The molecule has 0 aliphatic carbocycles. The van der Waals surface area contributed by atoms with E-state index in [4.69, 9.17) is 19.0 Å². The van der Waals surface area contributed by atoms with Gasteiger partial charge in [0.1, 0.15) is 0 Å². The van der Waals surface area contributed by atoms with Crippen molar-refractivity contribution in [2.24, 2.45) is 5.73 Å². The Bertz CT molecular complexity index is 236. The number of hydrogen-bond donors (Lipinski definition) is 2. The minimum Gasteiger partial charge on any atom is -0.374 e. The highest BCUT2D eigenvalue weighted by Gasteiger charge is 2.40. The molecule has 0 saturated carbocycles. The van der Waals surface area contributed by atoms with E-state index in [2.05, 4.69) is 10.2 Å². The van der Waals surface area contributed by atoms with Crippen LogP contribution in [0.3, 0.4) is 0 Å². The Balaban J connectivity index is 2.50. The molecule has 1 saturated heterocycles. The van der Waals surface area contributed by atoms with Gasteiger partial charge in [0.25, 0.3) is 0 Å². The van der Waals surface area contributed by atoms with Crippen LogP contribution in [0.4, 0.5) is 0 Å². The van der Waals surface area contributed by atoms with E-state index in [0.717, 1.165) is 38.6 Å². The minimum absolute atomic E-state index is 0.0605. The summed E-state index contributed by atoms with van der Waals surface area (Å²) in [7, 11) is -2.54. The Kier molecular flexibility index (Phi) is 8.86. The molecule has 1 atom stereocenters. The highest BCUT2D eigenvalue weighted by molar-refractivity contribution is 6.60. The Morgan fingerprint density at radius 2 is 1.55 bits per heavy atom. The molecular weight excluding hydrogens is 274 g/mol. The van der Waals surface area contributed by atoms with Crippen molar-refractivity contribution in [3.63, 3.8) is 0 Å². The molecule has 0 amide bonds. The van der Waals surface area contributed by atoms with Crippen LogP contribution in [0, 0.1) is 0 Å². The lowest BCUT2D eigenvalue weighted by molar-refractivity contribution is 0.0671. The molecule has 1 unspecified atom stereocenters. The van der Waals surface area contributed by atoms with E-state index < -0.39 is 8.80 Å². The van der Waals surface area contributed by atoms with Crippen molar-refractivity contribution < 1.29 is 13.3 Å². The zero-order valence-electron chi connectivity index (χ0n) is 13.2. The van der Waals surface area contributed by atoms with Crippen molar-refractivity contribution in [3.8, 4) is 0 Å². The maximum Gasteiger partial charge on any atom is 0.501 e. The van der Waals surface area contributed by atoms with Gasteiger partial charge in [0.05, 0.1) is 6.17 Å². The number of rotatable bonds is 10. The Hall–Kier alpha value is -0.0231. The average molecular weight is 305 g/mol. The Labute approximate surface area is 124 Å². The van der Waals surface area contributed by atoms with Crippen molar-refractivity contribution in [1.82, 2.24) is 10.2 Å². The third-order valence-corrected chi connectivity index (χ3v) is 6.55. The SMILES string of the molecule is CCO[Si](CCC(N)N1CCNCC1)(OCC)OCC. The van der Waals surface area contributed by atoms with Gasteiger partial charge < -0.3 is 24.3 Å². The second-order valence-corrected chi connectivity index (χ2v) is 7.61. The van der Waals surface area contributed by atoms with E-state index in [9.17, 15) is 0 Å². The third-order valence-electron chi connectivity index (χ3n) is 3.46. The lowest BCUT2D eigenvalue weighted by Gasteiger charge is -2.34. The highest BCUT2D eigenvalue weighted by atomic mass is 28.4. The maximum absolute atomic E-state index is 6.30. The highest BCUT2D eigenvalue weighted by Crippen LogP contribution is 2.20. The van der Waals surface area contributed by atoms with E-state index in [0.29, 0.717) is 19.8 Å². The predicted molar refractivity (Wildman–Crippen MR) is 82.5 cm³/mol. The summed E-state index contributed by atoms with van der Waals surface area (Å²) in [6, 6.07) is 0.785. The van der Waals surface area contributed by atoms with Gasteiger partial charge in [-0.2, -0.15) is 0 Å². The van der Waals surface area contributed by atoms with Crippen LogP contribution < -0.4 is 11.1 Å². The molecule has 7 heteroatoms. The van der Waals surface area contributed by atoms with Gasteiger partial charge in [-0.25, -0.2) is 0 Å². The lowest BCUT2D eigenvalue weighted by Crippen LogP contribution is -2.53. The van der Waals surface area contributed by atoms with Crippen molar-refractivity contribution in [2.45, 2.75) is 39.4 Å². The van der Waals surface area contributed by atoms with Crippen molar-refractivity contribution >= 4 is 8.80 Å². The smallest absolute Gasteiger partial charge is 0.374 e. The Morgan fingerprint density at radius 1 is 1.05 bits per heavy atom. The number of hydrogen-bond acceptors (Lipinski definition) is 6. The first-order chi connectivity index (χ1) is 9.67. The van der Waals surface area contributed by atoms with E-state index in [-0.39, 0.29) is 6.17 Å². The summed E-state index contributed by atoms with van der Waals surface area (Å²) in [5, 5.41) is 3.34. The first kappa shape index (κ1) is 18.0. The van der Waals surface area contributed by atoms with Crippen LogP contribution in [-0.4, -0.2) is 65.9 Å². The van der Waals surface area contributed by atoms with Crippen molar-refractivity contribution in [1.29, 1.82) is 0 Å². The quantitative estimate of drug-likeness (QED) is 0.577. The van der Waals surface area contributed by atoms with Gasteiger partial charge in [0.15, 0.2) is 0 Å². The summed E-state index contributed by atoms with van der Waals surface area (Å²) in [6.07, 6.45) is 0.914. The number of nitrogens with one attached hydrogen (secondary N) is 1. The molecule has 1 aliphatic rings. The van der Waals surface area contributed by atoms with E-state index in [1.54, 1.807) is 0 Å². The fraction of sp³-hybridized carbons (Fsp3) is 1.00. The molecule has 0 spiro atoms. The zero-order chi connectivity index (χ0) is 14.8. The molecule has 3 N–H and O–H groups in total. The first-order valence-corrected chi connectivity index (χ1v) is 9.72. The summed E-state index contributed by atoms with van der Waals surface area (Å²) < 4.78 is 17.6. The van der Waals surface area contributed by atoms with Gasteiger partial charge in [-0.15, -0.1) is 0 Å². The van der Waals surface area contributed by atoms with Gasteiger partial charge in [-0.05, 0) is 27.2 Å². The molecule has 0 aromatic carbocycles. The average Bonchev–Trinajstić information content (AvgIpc) is 2.46. The van der Waals surface area contributed by atoms with E-state index in [1.807, 2.05) is 20.8 Å². The van der Waals surface area contributed by atoms with Crippen LogP contribution in [0.1, 0.15) is 27.2 Å². The van der Waals surface area contributed by atoms with Gasteiger partial charge in [-0.1, -0.05) is 0 Å². The van der Waals surface area contributed by atoms with E-state index >= 15 is 0 Å². The molecule has 1 rings (SSSR count). The first-order valence-electron chi connectivity index (χ1n) is 7.79. The molecular formula is C13H31N3O3Si. The van der Waals surface area contributed by atoms with Crippen molar-refractivity contribution in [2.75, 3.05) is 46.0 Å². The van der Waals surface area contributed by atoms with Crippen LogP contribution in [0.5, 0.6) is 0 Å². The summed E-state index contributed by atoms with van der Waals surface area (Å²) in [5.41, 5.74) is 6.30. The van der Waals surface area contributed by atoms with Crippen LogP contribution in [-0.2, 0) is 13.3 Å². The number of piperazine rings is 1. The Morgan fingerprint density at radius 3 is 2.00 bits per heavy atom. The lowest BCUT2D eigenvalue weighted by atomic mass is 10.3. The van der Waals surface area contributed by atoms with Gasteiger partial charge >= 0.3 is 8.80 Å². The van der Waals surface area contributed by atoms with Crippen molar-refractivity contribution in [3.05, 3.63) is 0 Å².